The molecule has 0 unspecified atom stereocenters. The molecule has 2 nitrogen and oxygen atoms in total. The summed E-state index contributed by atoms with van der Waals surface area (Å²) >= 11 is 11.8. The number of aliphatic hydroxyl groups is 1. The van der Waals surface area contributed by atoms with Gasteiger partial charge in [-0.2, -0.15) is 4.39 Å². The highest BCUT2D eigenvalue weighted by Gasteiger charge is 2.09. The molecule has 2 aromatic rings. The Morgan fingerprint density at radius 2 is 1.76 bits per heavy atom. The van der Waals surface area contributed by atoms with Gasteiger partial charge in [0.2, 0.25) is 5.95 Å². The zero-order valence-electron chi connectivity index (χ0n) is 8.62. The Balaban J connectivity index is 2.59. The molecule has 0 bridgehead atoms. The van der Waals surface area contributed by atoms with Gasteiger partial charge in [-0.3, -0.25) is 0 Å². The molecule has 0 saturated carbocycles. The van der Waals surface area contributed by atoms with Crippen LogP contribution < -0.4 is 0 Å². The lowest BCUT2D eigenvalue weighted by atomic mass is 10.0. The second kappa shape index (κ2) is 5.00. The summed E-state index contributed by atoms with van der Waals surface area (Å²) in [6.45, 7) is -0.350. The molecular formula is C12H8Cl2FNO. The average molecular weight is 272 g/mol. The van der Waals surface area contributed by atoms with Crippen molar-refractivity contribution in [3.05, 3.63) is 52.0 Å². The smallest absolute Gasteiger partial charge is 0.213 e. The number of aromatic nitrogens is 1. The van der Waals surface area contributed by atoms with Crippen molar-refractivity contribution in [1.82, 2.24) is 4.98 Å². The van der Waals surface area contributed by atoms with Crippen molar-refractivity contribution in [3.8, 4) is 11.1 Å². The highest BCUT2D eigenvalue weighted by molar-refractivity contribution is 6.35. The molecule has 0 aliphatic rings. The largest absolute Gasteiger partial charge is 0.390 e. The fraction of sp³-hybridized carbons (Fsp3) is 0.0833. The monoisotopic (exact) mass is 271 g/mol. The fourth-order valence-corrected chi connectivity index (χ4v) is 2.09. The summed E-state index contributed by atoms with van der Waals surface area (Å²) in [7, 11) is 0. The third kappa shape index (κ3) is 2.75. The number of pyridine rings is 1. The van der Waals surface area contributed by atoms with Gasteiger partial charge in [-0.05, 0) is 35.9 Å². The van der Waals surface area contributed by atoms with Gasteiger partial charge in [0, 0.05) is 15.6 Å². The van der Waals surface area contributed by atoms with E-state index in [-0.39, 0.29) is 12.3 Å². The van der Waals surface area contributed by atoms with Gasteiger partial charge in [0.05, 0.1) is 12.3 Å². The Hall–Kier alpha value is -1.16. The lowest BCUT2D eigenvalue weighted by molar-refractivity contribution is 0.275. The lowest BCUT2D eigenvalue weighted by Gasteiger charge is -2.07. The molecular weight excluding hydrogens is 264 g/mol. The van der Waals surface area contributed by atoms with Crippen molar-refractivity contribution in [1.29, 1.82) is 0 Å². The molecule has 0 spiro atoms. The Bertz CT molecular complexity index is 540. The van der Waals surface area contributed by atoms with Gasteiger partial charge in [0.15, 0.2) is 0 Å². The van der Waals surface area contributed by atoms with Crippen LogP contribution in [0.25, 0.3) is 11.1 Å². The van der Waals surface area contributed by atoms with Crippen LogP contribution in [0.15, 0.2) is 30.3 Å². The second-order valence-electron chi connectivity index (χ2n) is 3.44. The van der Waals surface area contributed by atoms with Gasteiger partial charge >= 0.3 is 0 Å². The topological polar surface area (TPSA) is 33.1 Å². The van der Waals surface area contributed by atoms with E-state index in [0.717, 1.165) is 0 Å². The fourth-order valence-electron chi connectivity index (χ4n) is 1.57. The molecule has 0 fully saturated rings. The number of rotatable bonds is 2. The standard InChI is InChI=1S/C12H8Cl2FNO/c13-8-3-7(4-9(14)5-8)10-1-2-12(15)16-11(10)6-17/h1-5,17H,6H2. The van der Waals surface area contributed by atoms with E-state index in [1.165, 1.54) is 12.1 Å². The summed E-state index contributed by atoms with van der Waals surface area (Å²) in [5, 5.41) is 10.1. The average Bonchev–Trinajstić information content (AvgIpc) is 2.27. The molecule has 0 atom stereocenters. The normalized spacial score (nSPS) is 10.6. The predicted molar refractivity (Wildman–Crippen MR) is 65.6 cm³/mol. The predicted octanol–water partition coefficient (Wildman–Crippen LogP) is 3.69. The summed E-state index contributed by atoms with van der Waals surface area (Å²) in [6.07, 6.45) is 0. The van der Waals surface area contributed by atoms with E-state index >= 15 is 0 Å². The summed E-state index contributed by atoms with van der Waals surface area (Å²) in [5.41, 5.74) is 1.56. The first-order valence-corrected chi connectivity index (χ1v) is 5.58. The van der Waals surface area contributed by atoms with Crippen molar-refractivity contribution in [2.45, 2.75) is 6.61 Å². The SMILES string of the molecule is OCc1nc(F)ccc1-c1cc(Cl)cc(Cl)c1. The first kappa shape index (κ1) is 12.3. The molecule has 0 amide bonds. The van der Waals surface area contributed by atoms with Gasteiger partial charge in [-0.25, -0.2) is 4.98 Å². The molecule has 0 saturated heterocycles. The van der Waals surface area contributed by atoms with Crippen molar-refractivity contribution < 1.29 is 9.50 Å². The van der Waals surface area contributed by atoms with E-state index in [4.69, 9.17) is 28.3 Å². The molecule has 0 radical (unpaired) electrons. The van der Waals surface area contributed by atoms with Crippen LogP contribution in [0.5, 0.6) is 0 Å². The van der Waals surface area contributed by atoms with E-state index in [1.54, 1.807) is 18.2 Å². The highest BCUT2D eigenvalue weighted by Crippen LogP contribution is 2.29. The minimum Gasteiger partial charge on any atom is -0.390 e. The Morgan fingerprint density at radius 1 is 1.12 bits per heavy atom. The number of benzene rings is 1. The molecule has 1 aromatic carbocycles. The molecule has 0 aliphatic heterocycles. The zero-order valence-corrected chi connectivity index (χ0v) is 10.1. The molecule has 17 heavy (non-hydrogen) atoms. The summed E-state index contributed by atoms with van der Waals surface area (Å²) in [6, 6.07) is 7.73. The second-order valence-corrected chi connectivity index (χ2v) is 4.32. The van der Waals surface area contributed by atoms with E-state index in [2.05, 4.69) is 4.98 Å². The van der Waals surface area contributed by atoms with E-state index in [9.17, 15) is 4.39 Å². The Labute approximate surface area is 108 Å². The van der Waals surface area contributed by atoms with Gasteiger partial charge in [0.25, 0.3) is 0 Å². The van der Waals surface area contributed by atoms with Gasteiger partial charge in [-0.15, -0.1) is 0 Å². The number of hydrogen-bond donors (Lipinski definition) is 1. The molecule has 2 rings (SSSR count). The molecule has 1 N–H and O–H groups in total. The Morgan fingerprint density at radius 3 is 2.35 bits per heavy atom. The minimum absolute atomic E-state index is 0.253. The molecule has 88 valence electrons. The van der Waals surface area contributed by atoms with E-state index in [0.29, 0.717) is 21.2 Å². The maximum Gasteiger partial charge on any atom is 0.213 e. The van der Waals surface area contributed by atoms with Crippen LogP contribution in [0, 0.1) is 5.95 Å². The highest BCUT2D eigenvalue weighted by atomic mass is 35.5. The van der Waals surface area contributed by atoms with E-state index in [1.807, 2.05) is 0 Å². The van der Waals surface area contributed by atoms with Gasteiger partial charge in [-0.1, -0.05) is 23.2 Å². The summed E-state index contributed by atoms with van der Waals surface area (Å²) in [5.74, 6) is -0.633. The van der Waals surface area contributed by atoms with Crippen LogP contribution in [-0.4, -0.2) is 10.1 Å². The lowest BCUT2D eigenvalue weighted by Crippen LogP contribution is -1.96. The number of aliphatic hydroxyl groups excluding tert-OH is 1. The third-order valence-corrected chi connectivity index (χ3v) is 2.70. The Kier molecular flexibility index (Phi) is 3.62. The number of hydrogen-bond acceptors (Lipinski definition) is 2. The van der Waals surface area contributed by atoms with Gasteiger partial charge < -0.3 is 5.11 Å². The first-order valence-electron chi connectivity index (χ1n) is 4.83. The maximum absolute atomic E-state index is 12.9. The van der Waals surface area contributed by atoms with Crippen LogP contribution in [0.3, 0.4) is 0 Å². The zero-order chi connectivity index (χ0) is 12.4. The quantitative estimate of drug-likeness (QED) is 0.846. The maximum atomic E-state index is 12.9. The molecule has 5 heteroatoms. The number of halogens is 3. The van der Waals surface area contributed by atoms with Crippen LogP contribution >= 0.6 is 23.2 Å². The first-order chi connectivity index (χ1) is 8.10. The summed E-state index contributed by atoms with van der Waals surface area (Å²) < 4.78 is 12.9. The summed E-state index contributed by atoms with van der Waals surface area (Å²) in [4.78, 5) is 3.62. The molecule has 1 aromatic heterocycles. The van der Waals surface area contributed by atoms with E-state index < -0.39 is 5.95 Å². The molecule has 1 heterocycles. The van der Waals surface area contributed by atoms with Gasteiger partial charge in [0.1, 0.15) is 0 Å². The van der Waals surface area contributed by atoms with Crippen LogP contribution in [0.2, 0.25) is 10.0 Å². The van der Waals surface area contributed by atoms with Crippen LogP contribution in [-0.2, 0) is 6.61 Å². The van der Waals surface area contributed by atoms with Crippen molar-refractivity contribution in [3.63, 3.8) is 0 Å². The number of nitrogens with zero attached hydrogens (tertiary/aromatic N) is 1. The van der Waals surface area contributed by atoms with Crippen molar-refractivity contribution >= 4 is 23.2 Å². The van der Waals surface area contributed by atoms with Crippen LogP contribution in [0.1, 0.15) is 5.69 Å². The minimum atomic E-state index is -0.633. The third-order valence-electron chi connectivity index (χ3n) is 2.26. The molecule has 0 aliphatic carbocycles. The van der Waals surface area contributed by atoms with Crippen molar-refractivity contribution in [2.24, 2.45) is 0 Å². The van der Waals surface area contributed by atoms with Crippen molar-refractivity contribution in [2.75, 3.05) is 0 Å². The van der Waals surface area contributed by atoms with Crippen LogP contribution in [0.4, 0.5) is 4.39 Å².